The molecule has 40 heavy (non-hydrogen) atoms. The number of ether oxygens (including phenoxy) is 4. The monoisotopic (exact) mass is 540 g/mol. The lowest BCUT2D eigenvalue weighted by Gasteiger charge is -2.26. The van der Waals surface area contributed by atoms with Crippen LogP contribution in [0.25, 0.3) is 0 Å². The molecule has 1 atom stereocenters. The highest BCUT2D eigenvalue weighted by atomic mass is 16.5. The van der Waals surface area contributed by atoms with Gasteiger partial charge in [0.15, 0.2) is 23.0 Å². The molecule has 0 saturated carbocycles. The minimum absolute atomic E-state index is 0.0280. The summed E-state index contributed by atoms with van der Waals surface area (Å²) in [7, 11) is 3.25. The standard InChI is InChI=1S/C33H36N2O5/c1-24(36)27(34)20-21-35(22-25-12-4-6-14-28(25)39-32-18-10-8-16-30(32)37-2)23-26-13-5-7-15-29(26)40-33-19-11-9-17-31(33)38-3/h4-19,27H,20-23,34H2,1-3H3/t27-/m0/s1. The van der Waals surface area contributed by atoms with Crippen LogP contribution in [-0.4, -0.2) is 37.5 Å². The number of rotatable bonds is 14. The van der Waals surface area contributed by atoms with Gasteiger partial charge in [-0.05, 0) is 49.7 Å². The Balaban J connectivity index is 1.60. The number of nitrogens with zero attached hydrogens (tertiary/aromatic N) is 1. The molecule has 0 heterocycles. The molecule has 4 aromatic carbocycles. The van der Waals surface area contributed by atoms with E-state index < -0.39 is 6.04 Å². The molecule has 4 rings (SSSR count). The van der Waals surface area contributed by atoms with Crippen molar-refractivity contribution in [2.24, 2.45) is 5.73 Å². The molecule has 0 amide bonds. The average molecular weight is 541 g/mol. The molecule has 7 heteroatoms. The molecule has 0 aliphatic carbocycles. The summed E-state index contributed by atoms with van der Waals surface area (Å²) in [5, 5.41) is 0. The molecule has 0 spiro atoms. The second-order valence-corrected chi connectivity index (χ2v) is 9.44. The van der Waals surface area contributed by atoms with Crippen LogP contribution in [0.4, 0.5) is 0 Å². The van der Waals surface area contributed by atoms with Crippen LogP contribution in [0.3, 0.4) is 0 Å². The van der Waals surface area contributed by atoms with E-state index in [1.807, 2.05) is 97.1 Å². The Morgan fingerprint density at radius 3 is 1.43 bits per heavy atom. The Labute approximate surface area is 236 Å². The molecule has 0 aliphatic heterocycles. The predicted molar refractivity (Wildman–Crippen MR) is 156 cm³/mol. The third-order valence-corrected chi connectivity index (χ3v) is 6.59. The third-order valence-electron chi connectivity index (χ3n) is 6.59. The summed E-state index contributed by atoms with van der Waals surface area (Å²) in [6.45, 7) is 3.27. The van der Waals surface area contributed by atoms with Crippen molar-refractivity contribution in [1.82, 2.24) is 4.90 Å². The molecule has 4 aromatic rings. The molecule has 0 unspecified atom stereocenters. The van der Waals surface area contributed by atoms with E-state index in [-0.39, 0.29) is 5.78 Å². The van der Waals surface area contributed by atoms with Crippen LogP contribution in [0.1, 0.15) is 24.5 Å². The van der Waals surface area contributed by atoms with Gasteiger partial charge in [-0.15, -0.1) is 0 Å². The second-order valence-electron chi connectivity index (χ2n) is 9.44. The van der Waals surface area contributed by atoms with Gasteiger partial charge in [0.25, 0.3) is 0 Å². The summed E-state index contributed by atoms with van der Waals surface area (Å²) in [6.07, 6.45) is 0.528. The van der Waals surface area contributed by atoms with Gasteiger partial charge in [0.2, 0.25) is 0 Å². The lowest BCUT2D eigenvalue weighted by Crippen LogP contribution is -2.34. The molecule has 0 radical (unpaired) electrons. The maximum absolute atomic E-state index is 11.9. The highest BCUT2D eigenvalue weighted by Gasteiger charge is 2.18. The van der Waals surface area contributed by atoms with Gasteiger partial charge in [0.1, 0.15) is 17.3 Å². The molecule has 2 N–H and O–H groups in total. The van der Waals surface area contributed by atoms with Gasteiger partial charge < -0.3 is 24.7 Å². The fourth-order valence-corrected chi connectivity index (χ4v) is 4.33. The van der Waals surface area contributed by atoms with E-state index in [1.165, 1.54) is 6.92 Å². The van der Waals surface area contributed by atoms with Crippen LogP contribution in [0.2, 0.25) is 0 Å². The zero-order valence-corrected chi connectivity index (χ0v) is 23.2. The average Bonchev–Trinajstić information content (AvgIpc) is 2.98. The van der Waals surface area contributed by atoms with Crippen LogP contribution in [0.5, 0.6) is 34.5 Å². The molecule has 7 nitrogen and oxygen atoms in total. The van der Waals surface area contributed by atoms with Crippen molar-refractivity contribution >= 4 is 5.78 Å². The molecule has 0 bridgehead atoms. The molecular formula is C33H36N2O5. The van der Waals surface area contributed by atoms with Gasteiger partial charge in [0, 0.05) is 30.8 Å². The molecule has 0 fully saturated rings. The number of benzene rings is 4. The topological polar surface area (TPSA) is 83.2 Å². The first-order chi connectivity index (χ1) is 19.5. The van der Waals surface area contributed by atoms with Crippen molar-refractivity contribution in [2.75, 3.05) is 20.8 Å². The fourth-order valence-electron chi connectivity index (χ4n) is 4.33. The largest absolute Gasteiger partial charge is 0.493 e. The lowest BCUT2D eigenvalue weighted by atomic mass is 10.1. The van der Waals surface area contributed by atoms with Crippen LogP contribution < -0.4 is 24.7 Å². The van der Waals surface area contributed by atoms with E-state index in [4.69, 9.17) is 24.7 Å². The Kier molecular flexibility index (Phi) is 10.2. The SMILES string of the molecule is COc1ccccc1Oc1ccccc1CN(CC[C@H](N)C(C)=O)Cc1ccccc1Oc1ccccc1OC. The zero-order chi connectivity index (χ0) is 28.3. The van der Waals surface area contributed by atoms with Crippen LogP contribution in [0.15, 0.2) is 97.1 Å². The highest BCUT2D eigenvalue weighted by molar-refractivity contribution is 5.81. The Morgan fingerprint density at radius 2 is 1.02 bits per heavy atom. The third kappa shape index (κ3) is 7.62. The number of hydrogen-bond donors (Lipinski definition) is 1. The highest BCUT2D eigenvalue weighted by Crippen LogP contribution is 2.35. The van der Waals surface area contributed by atoms with E-state index in [0.717, 1.165) is 22.6 Å². The summed E-state index contributed by atoms with van der Waals surface area (Å²) in [4.78, 5) is 14.1. The van der Waals surface area contributed by atoms with Gasteiger partial charge in [-0.2, -0.15) is 0 Å². The Bertz CT molecular complexity index is 1310. The van der Waals surface area contributed by atoms with E-state index in [2.05, 4.69) is 4.90 Å². The summed E-state index contributed by atoms with van der Waals surface area (Å²) in [5.74, 6) is 4.02. The van der Waals surface area contributed by atoms with E-state index >= 15 is 0 Å². The number of carbonyl (C=O) groups excluding carboxylic acids is 1. The number of ketones is 1. The number of para-hydroxylation sites is 6. The number of hydrogen-bond acceptors (Lipinski definition) is 7. The number of nitrogens with two attached hydrogens (primary N) is 1. The molecule has 0 aliphatic rings. The molecule has 0 saturated heterocycles. The van der Waals surface area contributed by atoms with Gasteiger partial charge in [-0.25, -0.2) is 0 Å². The summed E-state index contributed by atoms with van der Waals surface area (Å²) in [6, 6.07) is 30.4. The minimum Gasteiger partial charge on any atom is -0.493 e. The van der Waals surface area contributed by atoms with Gasteiger partial charge >= 0.3 is 0 Å². The van der Waals surface area contributed by atoms with Crippen LogP contribution >= 0.6 is 0 Å². The summed E-state index contributed by atoms with van der Waals surface area (Å²) < 4.78 is 23.6. The first kappa shape index (κ1) is 28.7. The van der Waals surface area contributed by atoms with E-state index in [1.54, 1.807) is 14.2 Å². The zero-order valence-electron chi connectivity index (χ0n) is 23.2. The summed E-state index contributed by atoms with van der Waals surface area (Å²) in [5.41, 5.74) is 8.11. The maximum atomic E-state index is 11.9. The van der Waals surface area contributed by atoms with Crippen molar-refractivity contribution in [2.45, 2.75) is 32.5 Å². The van der Waals surface area contributed by atoms with Crippen molar-refractivity contribution < 1.29 is 23.7 Å². The fraction of sp³-hybridized carbons (Fsp3) is 0.242. The molecule has 0 aromatic heterocycles. The Hall–Kier alpha value is -4.33. The lowest BCUT2D eigenvalue weighted by molar-refractivity contribution is -0.118. The van der Waals surface area contributed by atoms with Gasteiger partial charge in [-0.1, -0.05) is 60.7 Å². The van der Waals surface area contributed by atoms with Crippen molar-refractivity contribution in [3.05, 3.63) is 108 Å². The first-order valence-electron chi connectivity index (χ1n) is 13.2. The van der Waals surface area contributed by atoms with Crippen LogP contribution in [-0.2, 0) is 17.9 Å². The number of methoxy groups -OCH3 is 2. The first-order valence-corrected chi connectivity index (χ1v) is 13.2. The van der Waals surface area contributed by atoms with Crippen LogP contribution in [0, 0.1) is 0 Å². The van der Waals surface area contributed by atoms with Crippen molar-refractivity contribution in [3.8, 4) is 34.5 Å². The normalized spacial score (nSPS) is 11.6. The maximum Gasteiger partial charge on any atom is 0.169 e. The van der Waals surface area contributed by atoms with E-state index in [0.29, 0.717) is 49.1 Å². The Morgan fingerprint density at radius 1 is 0.650 bits per heavy atom. The smallest absolute Gasteiger partial charge is 0.169 e. The molecular weight excluding hydrogens is 504 g/mol. The number of carbonyl (C=O) groups is 1. The van der Waals surface area contributed by atoms with E-state index in [9.17, 15) is 4.79 Å². The van der Waals surface area contributed by atoms with Crippen molar-refractivity contribution in [1.29, 1.82) is 0 Å². The molecule has 208 valence electrons. The van der Waals surface area contributed by atoms with Gasteiger partial charge in [-0.3, -0.25) is 9.69 Å². The summed E-state index contributed by atoms with van der Waals surface area (Å²) >= 11 is 0. The minimum atomic E-state index is -0.525. The quantitative estimate of drug-likeness (QED) is 0.193. The van der Waals surface area contributed by atoms with Crippen molar-refractivity contribution in [3.63, 3.8) is 0 Å². The predicted octanol–water partition coefficient (Wildman–Crippen LogP) is 6.60. The second kappa shape index (κ2) is 14.2. The van der Waals surface area contributed by atoms with Gasteiger partial charge in [0.05, 0.1) is 20.3 Å². The number of Topliss-reactive ketones (excluding diaryl/α,β-unsaturated/α-hetero) is 1.